The van der Waals surface area contributed by atoms with Crippen LogP contribution in [0.15, 0.2) is 36.5 Å². The predicted molar refractivity (Wildman–Crippen MR) is 66.4 cm³/mol. The van der Waals surface area contributed by atoms with Crippen molar-refractivity contribution >= 4 is 11.6 Å². The zero-order valence-electron chi connectivity index (χ0n) is 9.35. The van der Waals surface area contributed by atoms with Crippen molar-refractivity contribution in [3.05, 3.63) is 52.8 Å². The van der Waals surface area contributed by atoms with E-state index in [1.165, 1.54) is 0 Å². The smallest absolute Gasteiger partial charge is 0.145 e. The van der Waals surface area contributed by atoms with Crippen LogP contribution in [0.4, 0.5) is 0 Å². The van der Waals surface area contributed by atoms with E-state index < -0.39 is 0 Å². The van der Waals surface area contributed by atoms with E-state index in [1.54, 1.807) is 24.4 Å². The van der Waals surface area contributed by atoms with Gasteiger partial charge in [-0.05, 0) is 31.2 Å². The van der Waals surface area contributed by atoms with Crippen molar-refractivity contribution in [2.75, 3.05) is 0 Å². The second kappa shape index (κ2) is 5.17. The van der Waals surface area contributed by atoms with Gasteiger partial charge in [0.05, 0.1) is 12.8 Å². The number of nitrogens with zero attached hydrogens (tertiary/aromatic N) is 1. The Labute approximate surface area is 105 Å². The van der Waals surface area contributed by atoms with Gasteiger partial charge in [0.2, 0.25) is 0 Å². The van der Waals surface area contributed by atoms with E-state index in [0.29, 0.717) is 22.1 Å². The summed E-state index contributed by atoms with van der Waals surface area (Å²) in [7, 11) is 0. The molecule has 0 unspecified atom stereocenters. The van der Waals surface area contributed by atoms with Crippen LogP contribution in [0.1, 0.15) is 11.3 Å². The van der Waals surface area contributed by atoms with Crippen LogP contribution in [0, 0.1) is 6.92 Å². The molecule has 0 spiro atoms. The number of aryl methyl sites for hydroxylation is 1. The van der Waals surface area contributed by atoms with Crippen molar-refractivity contribution in [2.24, 2.45) is 0 Å². The third-order valence-electron chi connectivity index (χ3n) is 2.31. The lowest BCUT2D eigenvalue weighted by Crippen LogP contribution is -1.92. The molecular weight excluding hydrogens is 238 g/mol. The summed E-state index contributed by atoms with van der Waals surface area (Å²) >= 11 is 5.89. The average Bonchev–Trinajstić information content (AvgIpc) is 2.32. The van der Waals surface area contributed by atoms with Gasteiger partial charge < -0.3 is 9.84 Å². The third kappa shape index (κ3) is 2.96. The van der Waals surface area contributed by atoms with E-state index in [9.17, 15) is 5.11 Å². The van der Waals surface area contributed by atoms with Gasteiger partial charge in [-0.1, -0.05) is 17.7 Å². The molecule has 3 nitrogen and oxygen atoms in total. The topological polar surface area (TPSA) is 42.4 Å². The highest BCUT2D eigenvalue weighted by Gasteiger charge is 2.05. The quantitative estimate of drug-likeness (QED) is 0.907. The van der Waals surface area contributed by atoms with Crippen LogP contribution in [0.3, 0.4) is 0 Å². The van der Waals surface area contributed by atoms with Crippen molar-refractivity contribution in [1.29, 1.82) is 0 Å². The summed E-state index contributed by atoms with van der Waals surface area (Å²) in [5.74, 6) is 1.17. The summed E-state index contributed by atoms with van der Waals surface area (Å²) in [5.41, 5.74) is 1.61. The summed E-state index contributed by atoms with van der Waals surface area (Å²) < 4.78 is 5.63. The Hall–Kier alpha value is -1.58. The van der Waals surface area contributed by atoms with Gasteiger partial charge in [-0.2, -0.15) is 0 Å². The van der Waals surface area contributed by atoms with Crippen LogP contribution >= 0.6 is 11.6 Å². The maximum atomic E-state index is 9.19. The van der Waals surface area contributed by atoms with Gasteiger partial charge in [-0.25, -0.2) is 0 Å². The molecule has 1 aromatic heterocycles. The van der Waals surface area contributed by atoms with Gasteiger partial charge in [-0.3, -0.25) is 4.98 Å². The van der Waals surface area contributed by atoms with E-state index >= 15 is 0 Å². The summed E-state index contributed by atoms with van der Waals surface area (Å²) in [4.78, 5) is 4.13. The Kier molecular flexibility index (Phi) is 3.61. The van der Waals surface area contributed by atoms with Crippen molar-refractivity contribution in [1.82, 2.24) is 4.98 Å². The molecule has 0 aliphatic rings. The first-order chi connectivity index (χ1) is 8.19. The maximum absolute atomic E-state index is 9.19. The van der Waals surface area contributed by atoms with Crippen LogP contribution in [0.5, 0.6) is 11.5 Å². The second-order valence-electron chi connectivity index (χ2n) is 3.65. The van der Waals surface area contributed by atoms with E-state index in [-0.39, 0.29) is 6.61 Å². The number of ether oxygens (including phenoxy) is 1. The second-order valence-corrected chi connectivity index (χ2v) is 4.08. The highest BCUT2D eigenvalue weighted by Crippen LogP contribution is 2.28. The highest BCUT2D eigenvalue weighted by atomic mass is 35.5. The van der Waals surface area contributed by atoms with Gasteiger partial charge in [0.25, 0.3) is 0 Å². The molecule has 2 rings (SSSR count). The molecule has 1 aromatic carbocycles. The Bertz CT molecular complexity index is 511. The summed E-state index contributed by atoms with van der Waals surface area (Å²) in [6, 6.07) is 8.81. The predicted octanol–water partition coefficient (Wildman–Crippen LogP) is 3.33. The maximum Gasteiger partial charge on any atom is 0.145 e. The van der Waals surface area contributed by atoms with Crippen LogP contribution in [0.2, 0.25) is 5.02 Å². The zero-order valence-corrected chi connectivity index (χ0v) is 10.1. The fourth-order valence-electron chi connectivity index (χ4n) is 1.40. The van der Waals surface area contributed by atoms with Gasteiger partial charge in [-0.15, -0.1) is 0 Å². The minimum absolute atomic E-state index is 0.0915. The van der Waals surface area contributed by atoms with Crippen molar-refractivity contribution in [3.8, 4) is 11.5 Å². The van der Waals surface area contributed by atoms with Gasteiger partial charge in [0.15, 0.2) is 0 Å². The van der Waals surface area contributed by atoms with E-state index in [2.05, 4.69) is 4.98 Å². The molecule has 17 heavy (non-hydrogen) atoms. The third-order valence-corrected chi connectivity index (χ3v) is 2.55. The van der Waals surface area contributed by atoms with Crippen LogP contribution < -0.4 is 4.74 Å². The van der Waals surface area contributed by atoms with Crippen LogP contribution in [-0.2, 0) is 6.61 Å². The molecule has 0 aliphatic carbocycles. The first-order valence-corrected chi connectivity index (χ1v) is 5.56. The Morgan fingerprint density at radius 1 is 1.29 bits per heavy atom. The van der Waals surface area contributed by atoms with Gasteiger partial charge in [0, 0.05) is 16.3 Å². The SMILES string of the molecule is Cc1ccc(Oc2cc(Cl)ccc2CO)cn1. The number of rotatable bonds is 3. The molecular formula is C13H12ClNO2. The van der Waals surface area contributed by atoms with Gasteiger partial charge in [0.1, 0.15) is 11.5 Å². The molecule has 88 valence electrons. The fourth-order valence-corrected chi connectivity index (χ4v) is 1.56. The number of hydrogen-bond acceptors (Lipinski definition) is 3. The van der Waals surface area contributed by atoms with Crippen LogP contribution in [-0.4, -0.2) is 10.1 Å². The number of benzene rings is 1. The number of halogens is 1. The summed E-state index contributed by atoms with van der Waals surface area (Å²) in [6.45, 7) is 1.81. The molecule has 0 amide bonds. The van der Waals surface area contributed by atoms with E-state index in [1.807, 2.05) is 19.1 Å². The number of pyridine rings is 1. The molecule has 4 heteroatoms. The molecule has 0 radical (unpaired) electrons. The van der Waals surface area contributed by atoms with Gasteiger partial charge >= 0.3 is 0 Å². The summed E-state index contributed by atoms with van der Waals surface area (Å²) in [5, 5.41) is 9.76. The molecule has 2 aromatic rings. The minimum Gasteiger partial charge on any atom is -0.455 e. The van der Waals surface area contributed by atoms with Crippen molar-refractivity contribution < 1.29 is 9.84 Å². The normalized spacial score (nSPS) is 10.3. The molecule has 0 bridgehead atoms. The molecule has 1 N–H and O–H groups in total. The van der Waals surface area contributed by atoms with Crippen molar-refractivity contribution in [3.63, 3.8) is 0 Å². The lowest BCUT2D eigenvalue weighted by Gasteiger charge is -2.09. The van der Waals surface area contributed by atoms with Crippen LogP contribution in [0.25, 0.3) is 0 Å². The first kappa shape index (κ1) is 11.9. The molecule has 0 atom stereocenters. The minimum atomic E-state index is -0.0915. The Balaban J connectivity index is 2.28. The standard InChI is InChI=1S/C13H12ClNO2/c1-9-2-5-12(7-15-9)17-13-6-11(14)4-3-10(13)8-16/h2-7,16H,8H2,1H3. The number of aromatic nitrogens is 1. The number of hydrogen-bond donors (Lipinski definition) is 1. The molecule has 0 aliphatic heterocycles. The highest BCUT2D eigenvalue weighted by molar-refractivity contribution is 6.30. The summed E-state index contributed by atoms with van der Waals surface area (Å²) in [6.07, 6.45) is 1.64. The largest absolute Gasteiger partial charge is 0.455 e. The number of aliphatic hydroxyl groups is 1. The molecule has 1 heterocycles. The Morgan fingerprint density at radius 2 is 2.12 bits per heavy atom. The monoisotopic (exact) mass is 249 g/mol. The molecule has 0 fully saturated rings. The lowest BCUT2D eigenvalue weighted by atomic mass is 10.2. The lowest BCUT2D eigenvalue weighted by molar-refractivity contribution is 0.276. The first-order valence-electron chi connectivity index (χ1n) is 5.19. The molecule has 0 saturated carbocycles. The fraction of sp³-hybridized carbons (Fsp3) is 0.154. The zero-order chi connectivity index (χ0) is 12.3. The van der Waals surface area contributed by atoms with E-state index in [0.717, 1.165) is 5.69 Å². The average molecular weight is 250 g/mol. The van der Waals surface area contributed by atoms with E-state index in [4.69, 9.17) is 16.3 Å². The molecule has 0 saturated heterocycles. The number of aliphatic hydroxyl groups excluding tert-OH is 1. The van der Waals surface area contributed by atoms with Crippen molar-refractivity contribution in [2.45, 2.75) is 13.5 Å². The Morgan fingerprint density at radius 3 is 2.76 bits per heavy atom.